The van der Waals surface area contributed by atoms with Crippen LogP contribution in [0.15, 0.2) is 31.0 Å². The van der Waals surface area contributed by atoms with Crippen LogP contribution < -0.4 is 10.1 Å². The van der Waals surface area contributed by atoms with Gasteiger partial charge in [0.15, 0.2) is 0 Å². The fourth-order valence-electron chi connectivity index (χ4n) is 1.64. The lowest BCUT2D eigenvalue weighted by molar-refractivity contribution is 0.0417. The fourth-order valence-corrected chi connectivity index (χ4v) is 1.64. The maximum atomic E-state index is 11.5. The Labute approximate surface area is 111 Å². The number of urea groups is 1. The molecule has 0 radical (unpaired) electrons. The summed E-state index contributed by atoms with van der Waals surface area (Å²) in [5.74, 6) is 0.468. The maximum Gasteiger partial charge on any atom is 0.317 e. The summed E-state index contributed by atoms with van der Waals surface area (Å²) in [6.45, 7) is 5.05. The Morgan fingerprint density at radius 3 is 3.05 bits per heavy atom. The Morgan fingerprint density at radius 2 is 2.47 bits per heavy atom. The molecule has 2 heterocycles. The van der Waals surface area contributed by atoms with E-state index in [2.05, 4.69) is 16.9 Å². The number of pyridine rings is 1. The van der Waals surface area contributed by atoms with Crippen molar-refractivity contribution >= 4 is 6.03 Å². The topological polar surface area (TPSA) is 78.3 Å². The molecule has 0 aliphatic carbocycles. The van der Waals surface area contributed by atoms with Crippen LogP contribution in [0.5, 0.6) is 5.88 Å². The highest BCUT2D eigenvalue weighted by Gasteiger charge is 2.32. The van der Waals surface area contributed by atoms with E-state index in [0.717, 1.165) is 0 Å². The van der Waals surface area contributed by atoms with Crippen molar-refractivity contribution in [3.05, 3.63) is 36.5 Å². The largest absolute Gasteiger partial charge is 0.471 e. The van der Waals surface area contributed by atoms with E-state index >= 15 is 0 Å². The van der Waals surface area contributed by atoms with E-state index in [0.29, 0.717) is 31.1 Å². The molecule has 6 heteroatoms. The lowest BCUT2D eigenvalue weighted by Gasteiger charge is -2.38. The predicted octanol–water partition coefficient (Wildman–Crippen LogP) is 0.912. The third-order valence-corrected chi connectivity index (χ3v) is 2.69. The van der Waals surface area contributed by atoms with Gasteiger partial charge in [0.2, 0.25) is 5.88 Å². The van der Waals surface area contributed by atoms with Gasteiger partial charge < -0.3 is 15.0 Å². The van der Waals surface area contributed by atoms with E-state index in [9.17, 15) is 4.79 Å². The highest BCUT2D eigenvalue weighted by Crippen LogP contribution is 2.16. The molecule has 98 valence electrons. The lowest BCUT2D eigenvalue weighted by Crippen LogP contribution is -2.58. The quantitative estimate of drug-likeness (QED) is 0.814. The van der Waals surface area contributed by atoms with Crippen LogP contribution in [-0.2, 0) is 0 Å². The van der Waals surface area contributed by atoms with E-state index in [-0.39, 0.29) is 12.1 Å². The number of likely N-dealkylation sites (tertiary alicyclic amines) is 1. The maximum absolute atomic E-state index is 11.5. The molecule has 1 aliphatic heterocycles. The summed E-state index contributed by atoms with van der Waals surface area (Å²) in [5.41, 5.74) is 0.492. The van der Waals surface area contributed by atoms with Gasteiger partial charge >= 0.3 is 6.03 Å². The van der Waals surface area contributed by atoms with Crippen LogP contribution >= 0.6 is 0 Å². The molecule has 0 saturated carbocycles. The van der Waals surface area contributed by atoms with Crippen LogP contribution in [0.4, 0.5) is 4.79 Å². The standard InChI is InChI=1S/C13H14N4O2/c1-2-5-15-13(18)17-8-11(9-17)19-12-4-3-10(6-14)7-16-12/h2-4,7,11H,1,5,8-9H2,(H,15,18). The highest BCUT2D eigenvalue weighted by atomic mass is 16.5. The fraction of sp³-hybridized carbons (Fsp3) is 0.308. The average molecular weight is 258 g/mol. The molecule has 1 N–H and O–H groups in total. The Morgan fingerprint density at radius 1 is 1.68 bits per heavy atom. The minimum Gasteiger partial charge on any atom is -0.471 e. The SMILES string of the molecule is C=CCNC(=O)N1CC(Oc2ccc(C#N)cn2)C1. The molecule has 2 rings (SSSR count). The molecule has 0 aromatic carbocycles. The summed E-state index contributed by atoms with van der Waals surface area (Å²) in [6.07, 6.45) is 3.05. The number of nitrogens with one attached hydrogen (secondary N) is 1. The van der Waals surface area contributed by atoms with Gasteiger partial charge in [-0.05, 0) is 6.07 Å². The minimum atomic E-state index is -0.118. The number of rotatable bonds is 4. The number of amides is 2. The van der Waals surface area contributed by atoms with E-state index < -0.39 is 0 Å². The van der Waals surface area contributed by atoms with Gasteiger partial charge in [0, 0.05) is 18.8 Å². The monoisotopic (exact) mass is 258 g/mol. The van der Waals surface area contributed by atoms with E-state index in [4.69, 9.17) is 10.00 Å². The zero-order chi connectivity index (χ0) is 13.7. The highest BCUT2D eigenvalue weighted by molar-refractivity contribution is 5.75. The number of carbonyl (C=O) groups excluding carboxylic acids is 1. The zero-order valence-electron chi connectivity index (χ0n) is 10.4. The minimum absolute atomic E-state index is 0.0464. The van der Waals surface area contributed by atoms with Crippen molar-refractivity contribution in [2.45, 2.75) is 6.10 Å². The van der Waals surface area contributed by atoms with Crippen molar-refractivity contribution in [3.63, 3.8) is 0 Å². The number of ether oxygens (including phenoxy) is 1. The Bertz CT molecular complexity index is 500. The first kappa shape index (κ1) is 12.9. The molecule has 2 amide bonds. The third kappa shape index (κ3) is 3.22. The van der Waals surface area contributed by atoms with E-state index in [1.54, 1.807) is 23.1 Å². The van der Waals surface area contributed by atoms with Gasteiger partial charge in [-0.15, -0.1) is 6.58 Å². The van der Waals surface area contributed by atoms with Gasteiger partial charge in [0.05, 0.1) is 18.7 Å². The molecule has 0 atom stereocenters. The molecule has 1 aliphatic rings. The van der Waals surface area contributed by atoms with E-state index in [1.807, 2.05) is 6.07 Å². The van der Waals surface area contributed by atoms with Crippen molar-refractivity contribution in [1.29, 1.82) is 5.26 Å². The molecule has 6 nitrogen and oxygen atoms in total. The zero-order valence-corrected chi connectivity index (χ0v) is 10.4. The first-order valence-electron chi connectivity index (χ1n) is 5.89. The molecule has 0 spiro atoms. The van der Waals surface area contributed by atoms with Gasteiger partial charge in [-0.3, -0.25) is 0 Å². The van der Waals surface area contributed by atoms with Crippen LogP contribution in [0, 0.1) is 11.3 Å². The third-order valence-electron chi connectivity index (χ3n) is 2.69. The van der Waals surface area contributed by atoms with Crippen molar-refractivity contribution in [1.82, 2.24) is 15.2 Å². The molecule has 0 bridgehead atoms. The summed E-state index contributed by atoms with van der Waals surface area (Å²) >= 11 is 0. The predicted molar refractivity (Wildman–Crippen MR) is 68.5 cm³/mol. The first-order chi connectivity index (χ1) is 9.22. The summed E-state index contributed by atoms with van der Waals surface area (Å²) in [6, 6.07) is 5.17. The molecule has 1 aromatic heterocycles. The summed E-state index contributed by atoms with van der Waals surface area (Å²) in [5, 5.41) is 11.3. The normalized spacial score (nSPS) is 14.2. The summed E-state index contributed by atoms with van der Waals surface area (Å²) < 4.78 is 5.57. The smallest absolute Gasteiger partial charge is 0.317 e. The van der Waals surface area contributed by atoms with Crippen molar-refractivity contribution in [3.8, 4) is 11.9 Å². The molecule has 0 unspecified atom stereocenters. The number of nitrogens with zero attached hydrogens (tertiary/aromatic N) is 3. The Kier molecular flexibility index (Phi) is 3.98. The number of aromatic nitrogens is 1. The number of nitriles is 1. The van der Waals surface area contributed by atoms with Crippen molar-refractivity contribution < 1.29 is 9.53 Å². The Balaban J connectivity index is 1.76. The number of hydrogen-bond donors (Lipinski definition) is 1. The second-order valence-corrected chi connectivity index (χ2v) is 4.12. The van der Waals surface area contributed by atoms with Gasteiger partial charge in [-0.1, -0.05) is 6.08 Å². The molecular weight excluding hydrogens is 244 g/mol. The van der Waals surface area contributed by atoms with Gasteiger partial charge in [-0.2, -0.15) is 5.26 Å². The van der Waals surface area contributed by atoms with Crippen molar-refractivity contribution in [2.75, 3.05) is 19.6 Å². The van der Waals surface area contributed by atoms with Crippen LogP contribution in [-0.4, -0.2) is 41.7 Å². The van der Waals surface area contributed by atoms with Crippen LogP contribution in [0.2, 0.25) is 0 Å². The van der Waals surface area contributed by atoms with Gasteiger partial charge in [-0.25, -0.2) is 9.78 Å². The second-order valence-electron chi connectivity index (χ2n) is 4.12. The van der Waals surface area contributed by atoms with Crippen LogP contribution in [0.1, 0.15) is 5.56 Å². The lowest BCUT2D eigenvalue weighted by atomic mass is 10.2. The Hall–Kier alpha value is -2.55. The van der Waals surface area contributed by atoms with E-state index in [1.165, 1.54) is 6.20 Å². The molecule has 1 fully saturated rings. The van der Waals surface area contributed by atoms with Gasteiger partial charge in [0.25, 0.3) is 0 Å². The number of carbonyl (C=O) groups is 1. The van der Waals surface area contributed by atoms with Crippen LogP contribution in [0.25, 0.3) is 0 Å². The molecule has 1 saturated heterocycles. The first-order valence-corrected chi connectivity index (χ1v) is 5.89. The molecule has 1 aromatic rings. The molecular formula is C13H14N4O2. The molecule has 19 heavy (non-hydrogen) atoms. The summed E-state index contributed by atoms with van der Waals surface area (Å²) in [4.78, 5) is 17.2. The van der Waals surface area contributed by atoms with Crippen molar-refractivity contribution in [2.24, 2.45) is 0 Å². The second kappa shape index (κ2) is 5.87. The van der Waals surface area contributed by atoms with Gasteiger partial charge in [0.1, 0.15) is 12.2 Å². The summed E-state index contributed by atoms with van der Waals surface area (Å²) in [7, 11) is 0. The average Bonchev–Trinajstić information content (AvgIpc) is 2.40. The number of hydrogen-bond acceptors (Lipinski definition) is 4. The van der Waals surface area contributed by atoms with Crippen LogP contribution in [0.3, 0.4) is 0 Å².